The molecule has 2 aliphatic carbocycles. The van der Waals surface area contributed by atoms with Crippen molar-refractivity contribution in [2.75, 3.05) is 0 Å². The molecule has 15 heteroatoms. The van der Waals surface area contributed by atoms with E-state index in [1.807, 2.05) is 0 Å². The van der Waals surface area contributed by atoms with Gasteiger partial charge >= 0.3 is 12.4 Å². The van der Waals surface area contributed by atoms with Crippen LogP contribution in [-0.4, -0.2) is 34.4 Å². The van der Waals surface area contributed by atoms with Crippen molar-refractivity contribution in [1.29, 1.82) is 0 Å². The molecule has 0 amide bonds. The van der Waals surface area contributed by atoms with Crippen LogP contribution in [0.25, 0.3) is 0 Å². The van der Waals surface area contributed by atoms with Gasteiger partial charge in [0.2, 0.25) is 0 Å². The second-order valence-electron chi connectivity index (χ2n) is 9.88. The fourth-order valence-electron chi connectivity index (χ4n) is 5.36. The van der Waals surface area contributed by atoms with E-state index in [4.69, 9.17) is 27.9 Å². The first-order chi connectivity index (χ1) is 19.9. The Hall–Kier alpha value is -3.68. The van der Waals surface area contributed by atoms with E-state index in [0.29, 0.717) is 24.3 Å². The van der Waals surface area contributed by atoms with Crippen LogP contribution in [-0.2, 0) is 15.8 Å². The zero-order chi connectivity index (χ0) is 32.1. The maximum atomic E-state index is 14.0. The Balaban J connectivity index is 2.10. The molecule has 0 N–H and O–H groups in total. The first-order valence-corrected chi connectivity index (χ1v) is 13.0. The average Bonchev–Trinajstić information content (AvgIpc) is 2.89. The van der Waals surface area contributed by atoms with Gasteiger partial charge in [0.1, 0.15) is 0 Å². The third-order valence-electron chi connectivity index (χ3n) is 7.42. The van der Waals surface area contributed by atoms with Crippen molar-refractivity contribution in [3.8, 4) is 0 Å². The van der Waals surface area contributed by atoms with E-state index in [9.17, 15) is 46.6 Å². The highest BCUT2D eigenvalue weighted by atomic mass is 35.5. The lowest BCUT2D eigenvalue weighted by atomic mass is 9.76. The molecule has 0 saturated carbocycles. The van der Waals surface area contributed by atoms with Crippen molar-refractivity contribution in [3.63, 3.8) is 0 Å². The normalized spacial score (nSPS) is 26.2. The van der Waals surface area contributed by atoms with Gasteiger partial charge in [-0.05, 0) is 37.1 Å². The molecular formula is C28H20Cl2F6N2O5. The highest BCUT2D eigenvalue weighted by Gasteiger charge is 2.64. The van der Waals surface area contributed by atoms with E-state index in [2.05, 4.69) is 0 Å². The number of benzene rings is 2. The molecule has 0 aliphatic heterocycles. The summed E-state index contributed by atoms with van der Waals surface area (Å²) in [5.74, 6) is 0. The molecule has 0 radical (unpaired) electrons. The lowest BCUT2D eigenvalue weighted by Gasteiger charge is -2.41. The Morgan fingerprint density at radius 3 is 1.30 bits per heavy atom. The highest BCUT2D eigenvalue weighted by molar-refractivity contribution is 6.31. The van der Waals surface area contributed by atoms with E-state index in [1.54, 1.807) is 0 Å². The van der Waals surface area contributed by atoms with Gasteiger partial charge < -0.3 is 4.74 Å². The number of allylic oxidation sites excluding steroid dienone is 4. The molecule has 228 valence electrons. The lowest BCUT2D eigenvalue weighted by molar-refractivity contribution is -0.591. The molecule has 2 aliphatic rings. The molecule has 7 nitrogen and oxygen atoms in total. The number of hydrogen-bond acceptors (Lipinski definition) is 5. The molecule has 43 heavy (non-hydrogen) atoms. The monoisotopic (exact) mass is 648 g/mol. The van der Waals surface area contributed by atoms with Gasteiger partial charge in [-0.15, -0.1) is 0 Å². The van der Waals surface area contributed by atoms with Gasteiger partial charge in [0.15, 0.2) is 12.2 Å². The van der Waals surface area contributed by atoms with Crippen molar-refractivity contribution in [3.05, 3.63) is 137 Å². The topological polar surface area (TPSA) is 95.5 Å². The Kier molecular flexibility index (Phi) is 8.33. The Morgan fingerprint density at radius 2 is 1.02 bits per heavy atom. The van der Waals surface area contributed by atoms with E-state index < -0.39 is 66.7 Å². The number of halogens is 8. The van der Waals surface area contributed by atoms with Crippen LogP contribution in [0.2, 0.25) is 0 Å². The van der Waals surface area contributed by atoms with Crippen molar-refractivity contribution in [2.24, 2.45) is 0 Å². The van der Waals surface area contributed by atoms with Crippen LogP contribution in [0, 0.1) is 34.1 Å². The van der Waals surface area contributed by atoms with Gasteiger partial charge in [0, 0.05) is 33.1 Å². The Bertz CT molecular complexity index is 1500. The van der Waals surface area contributed by atoms with Crippen molar-refractivity contribution in [1.82, 2.24) is 0 Å². The molecule has 0 spiro atoms. The summed E-state index contributed by atoms with van der Waals surface area (Å²) < 4.78 is 90.1. The van der Waals surface area contributed by atoms with Crippen molar-refractivity contribution >= 4 is 23.2 Å². The summed E-state index contributed by atoms with van der Waals surface area (Å²) in [6, 6.07) is 10.9. The fourth-order valence-corrected chi connectivity index (χ4v) is 6.14. The van der Waals surface area contributed by atoms with E-state index in [1.165, 1.54) is 62.4 Å². The van der Waals surface area contributed by atoms with Crippen LogP contribution in [0.3, 0.4) is 0 Å². The lowest BCUT2D eigenvalue weighted by Crippen LogP contribution is -2.56. The molecular weight excluding hydrogens is 629 g/mol. The van der Waals surface area contributed by atoms with Gasteiger partial charge in [-0.3, -0.25) is 20.2 Å². The number of nitrogens with zero attached hydrogens (tertiary/aromatic N) is 2. The van der Waals surface area contributed by atoms with Gasteiger partial charge in [-0.25, -0.2) is 0 Å². The second-order valence-corrected chi connectivity index (χ2v) is 10.7. The molecule has 0 bridgehead atoms. The van der Waals surface area contributed by atoms with Gasteiger partial charge in [-0.1, -0.05) is 71.7 Å². The van der Waals surface area contributed by atoms with E-state index in [-0.39, 0.29) is 22.3 Å². The van der Waals surface area contributed by atoms with Gasteiger partial charge in [0.25, 0.3) is 11.1 Å². The Morgan fingerprint density at radius 1 is 0.698 bits per heavy atom. The smallest absolute Gasteiger partial charge is 0.347 e. The Labute approximate surface area is 250 Å². The standard InChI is InChI=1S/C28H20Cl2F6N2O5/c1-15-7-3-5-9-17(15)25(37(39)40)13-11-19(27(31,32)33)21(29)23(25)43-24-22(30)20(28(34,35)36)12-14-26(24,38(41)42)18-10-6-4-8-16(18)2/h3-14,23-24H,1-2H3. The van der Waals surface area contributed by atoms with Crippen LogP contribution in [0.1, 0.15) is 22.3 Å². The van der Waals surface area contributed by atoms with Gasteiger partial charge in [-0.2, -0.15) is 26.3 Å². The quantitative estimate of drug-likeness (QED) is 0.180. The first kappa shape index (κ1) is 32.2. The summed E-state index contributed by atoms with van der Waals surface area (Å²) in [4.78, 5) is 23.7. The number of rotatable bonds is 6. The third kappa shape index (κ3) is 5.23. The molecule has 2 aromatic carbocycles. The van der Waals surface area contributed by atoms with Crippen LogP contribution >= 0.6 is 23.2 Å². The number of hydrogen-bond donors (Lipinski definition) is 0. The summed E-state index contributed by atoms with van der Waals surface area (Å²) in [6.07, 6.45) is -13.6. The van der Waals surface area contributed by atoms with Crippen molar-refractivity contribution < 1.29 is 40.9 Å². The average molecular weight is 649 g/mol. The van der Waals surface area contributed by atoms with Crippen molar-refractivity contribution in [2.45, 2.75) is 49.5 Å². The predicted octanol–water partition coefficient (Wildman–Crippen LogP) is 7.95. The van der Waals surface area contributed by atoms with Gasteiger partial charge in [0.05, 0.1) is 21.2 Å². The summed E-state index contributed by atoms with van der Waals surface area (Å²) in [5, 5.41) is 23.1. The second kappa shape index (κ2) is 11.1. The zero-order valence-electron chi connectivity index (χ0n) is 22.0. The minimum Gasteiger partial charge on any atom is -0.347 e. The molecule has 0 fully saturated rings. The molecule has 0 aromatic heterocycles. The molecule has 0 saturated heterocycles. The SMILES string of the molecule is Cc1ccccc1C1([N+](=O)[O-])C=CC(C(F)(F)F)=C(Cl)C1OC1C(Cl)=C(C(F)(F)F)C=CC1(c1ccccc1C)[N+](=O)[O-]. The number of nitro groups is 2. The first-order valence-electron chi connectivity index (χ1n) is 12.3. The number of aryl methyl sites for hydroxylation is 2. The predicted molar refractivity (Wildman–Crippen MR) is 145 cm³/mol. The summed E-state index contributed by atoms with van der Waals surface area (Å²) in [5.41, 5.74) is -8.78. The zero-order valence-corrected chi connectivity index (χ0v) is 23.6. The van der Waals surface area contributed by atoms with Crippen LogP contribution in [0.15, 0.2) is 94.0 Å². The third-order valence-corrected chi connectivity index (χ3v) is 8.23. The summed E-state index contributed by atoms with van der Waals surface area (Å²) >= 11 is 12.4. The molecule has 4 atom stereocenters. The number of ether oxygens (including phenoxy) is 1. The maximum absolute atomic E-state index is 14.0. The minimum absolute atomic E-state index is 0.193. The molecule has 4 rings (SSSR count). The molecule has 4 unspecified atom stereocenters. The highest BCUT2D eigenvalue weighted by Crippen LogP contribution is 2.52. The van der Waals surface area contributed by atoms with E-state index >= 15 is 0 Å². The van der Waals surface area contributed by atoms with E-state index in [0.717, 1.165) is 0 Å². The molecule has 2 aromatic rings. The summed E-state index contributed by atoms with van der Waals surface area (Å²) in [6.45, 7) is 2.82. The van der Waals surface area contributed by atoms with Crippen LogP contribution in [0.5, 0.6) is 0 Å². The van der Waals surface area contributed by atoms with Crippen LogP contribution in [0.4, 0.5) is 26.3 Å². The fraction of sp³-hybridized carbons (Fsp3) is 0.286. The number of alkyl halides is 6. The van der Waals surface area contributed by atoms with Crippen LogP contribution < -0.4 is 0 Å². The summed E-state index contributed by atoms with van der Waals surface area (Å²) in [7, 11) is 0. The molecule has 0 heterocycles. The maximum Gasteiger partial charge on any atom is 0.417 e. The minimum atomic E-state index is -5.19. The largest absolute Gasteiger partial charge is 0.417 e.